The molecule has 0 aliphatic rings. The molecule has 0 radical (unpaired) electrons. The molecule has 0 aliphatic heterocycles. The van der Waals surface area contributed by atoms with Gasteiger partial charge in [-0.1, -0.05) is 30.3 Å². The molecule has 0 unspecified atom stereocenters. The summed E-state index contributed by atoms with van der Waals surface area (Å²) in [5, 5.41) is 9.39. The van der Waals surface area contributed by atoms with Gasteiger partial charge in [-0.2, -0.15) is 5.26 Å². The fourth-order valence-electron chi connectivity index (χ4n) is 2.85. The molecule has 0 aliphatic carbocycles. The average Bonchev–Trinajstić information content (AvgIpc) is 2.71. The zero-order valence-corrected chi connectivity index (χ0v) is 15.5. The van der Waals surface area contributed by atoms with Crippen LogP contribution in [-0.4, -0.2) is 9.97 Å². The molecule has 1 aromatic carbocycles. The van der Waals surface area contributed by atoms with Crippen molar-refractivity contribution >= 4 is 5.57 Å². The molecule has 3 rings (SSSR count). The van der Waals surface area contributed by atoms with Gasteiger partial charge in [0, 0.05) is 24.7 Å². The van der Waals surface area contributed by atoms with Crippen molar-refractivity contribution in [3.63, 3.8) is 0 Å². The second kappa shape index (κ2) is 8.77. The van der Waals surface area contributed by atoms with Crippen LogP contribution in [0.1, 0.15) is 34.7 Å². The van der Waals surface area contributed by atoms with Crippen molar-refractivity contribution in [2.75, 3.05) is 0 Å². The Labute approximate surface area is 159 Å². The minimum absolute atomic E-state index is 0.416. The molecule has 0 amide bonds. The smallest absolute Gasteiger partial charge is 0.213 e. The molecule has 3 aromatic rings. The lowest BCUT2D eigenvalue weighted by Gasteiger charge is -2.09. The molecule has 4 nitrogen and oxygen atoms in total. The maximum Gasteiger partial charge on any atom is 0.213 e. The number of hydrogen-bond donors (Lipinski definition) is 0. The topological polar surface area (TPSA) is 58.8 Å². The van der Waals surface area contributed by atoms with Crippen LogP contribution in [0.15, 0.2) is 67.1 Å². The molecule has 134 valence electrons. The van der Waals surface area contributed by atoms with Crippen LogP contribution in [0.5, 0.6) is 5.88 Å². The zero-order valence-electron chi connectivity index (χ0n) is 15.5. The molecular weight excluding hydrogens is 334 g/mol. The zero-order chi connectivity index (χ0) is 19.1. The number of pyridine rings is 2. The van der Waals surface area contributed by atoms with Crippen LogP contribution in [0.3, 0.4) is 0 Å². The SMILES string of the molecule is C/C(=C/Cc1cc(OCc2ccncc2)ncc1C#N)c1ccccc1C. The Bertz CT molecular complexity index is 988. The second-order valence-corrected chi connectivity index (χ2v) is 6.34. The lowest BCUT2D eigenvalue weighted by atomic mass is 9.99. The van der Waals surface area contributed by atoms with E-state index >= 15 is 0 Å². The Hall–Kier alpha value is -3.45. The maximum atomic E-state index is 9.39. The number of allylic oxidation sites excluding steroid dienone is 2. The van der Waals surface area contributed by atoms with E-state index in [1.807, 2.05) is 30.3 Å². The van der Waals surface area contributed by atoms with Gasteiger partial charge >= 0.3 is 0 Å². The quantitative estimate of drug-likeness (QED) is 0.632. The van der Waals surface area contributed by atoms with Crippen molar-refractivity contribution in [2.45, 2.75) is 26.9 Å². The van der Waals surface area contributed by atoms with Crippen LogP contribution in [-0.2, 0) is 13.0 Å². The van der Waals surface area contributed by atoms with Crippen molar-refractivity contribution in [3.8, 4) is 11.9 Å². The lowest BCUT2D eigenvalue weighted by Crippen LogP contribution is -2.00. The van der Waals surface area contributed by atoms with Gasteiger partial charge < -0.3 is 4.74 Å². The molecule has 0 atom stereocenters. The third kappa shape index (κ3) is 4.80. The number of hydrogen-bond acceptors (Lipinski definition) is 4. The summed E-state index contributed by atoms with van der Waals surface area (Å²) >= 11 is 0. The lowest BCUT2D eigenvalue weighted by molar-refractivity contribution is 0.293. The van der Waals surface area contributed by atoms with Crippen LogP contribution in [0, 0.1) is 18.3 Å². The summed E-state index contributed by atoms with van der Waals surface area (Å²) in [5.41, 5.74) is 6.15. The number of benzene rings is 1. The first-order valence-electron chi connectivity index (χ1n) is 8.81. The summed E-state index contributed by atoms with van der Waals surface area (Å²) in [7, 11) is 0. The van der Waals surface area contributed by atoms with Crippen LogP contribution in [0.2, 0.25) is 0 Å². The van der Waals surface area contributed by atoms with Gasteiger partial charge in [0.15, 0.2) is 0 Å². The van der Waals surface area contributed by atoms with Gasteiger partial charge in [-0.3, -0.25) is 4.98 Å². The first-order chi connectivity index (χ1) is 13.2. The van der Waals surface area contributed by atoms with E-state index in [9.17, 15) is 5.26 Å². The van der Waals surface area contributed by atoms with E-state index < -0.39 is 0 Å². The number of nitrogens with zero attached hydrogens (tertiary/aromatic N) is 3. The number of rotatable bonds is 6. The van der Waals surface area contributed by atoms with Gasteiger partial charge in [-0.25, -0.2) is 4.98 Å². The molecule has 0 saturated carbocycles. The maximum absolute atomic E-state index is 9.39. The molecule has 4 heteroatoms. The van der Waals surface area contributed by atoms with Crippen molar-refractivity contribution in [3.05, 3.63) is 94.9 Å². The summed E-state index contributed by atoms with van der Waals surface area (Å²) < 4.78 is 5.77. The van der Waals surface area contributed by atoms with E-state index in [-0.39, 0.29) is 0 Å². The Morgan fingerprint density at radius 2 is 1.96 bits per heavy atom. The highest BCUT2D eigenvalue weighted by Crippen LogP contribution is 2.21. The number of aryl methyl sites for hydroxylation is 1. The predicted molar refractivity (Wildman–Crippen MR) is 106 cm³/mol. The minimum Gasteiger partial charge on any atom is -0.473 e. The largest absolute Gasteiger partial charge is 0.473 e. The van der Waals surface area contributed by atoms with Crippen molar-refractivity contribution in [2.24, 2.45) is 0 Å². The molecular formula is C23H21N3O. The Morgan fingerprint density at radius 3 is 2.70 bits per heavy atom. The van der Waals surface area contributed by atoms with E-state index in [0.29, 0.717) is 24.5 Å². The summed E-state index contributed by atoms with van der Waals surface area (Å²) in [6.07, 6.45) is 7.83. The van der Waals surface area contributed by atoms with Crippen LogP contribution >= 0.6 is 0 Å². The highest BCUT2D eigenvalue weighted by molar-refractivity contribution is 5.66. The average molecular weight is 355 g/mol. The van der Waals surface area contributed by atoms with Crippen molar-refractivity contribution < 1.29 is 4.74 Å². The Balaban J connectivity index is 1.77. The molecule has 0 bridgehead atoms. The predicted octanol–water partition coefficient (Wildman–Crippen LogP) is 4.88. The summed E-state index contributed by atoms with van der Waals surface area (Å²) in [4.78, 5) is 8.24. The van der Waals surface area contributed by atoms with E-state index in [0.717, 1.165) is 11.1 Å². The number of ether oxygens (including phenoxy) is 1. The van der Waals surface area contributed by atoms with Gasteiger partial charge in [0.25, 0.3) is 0 Å². The molecule has 0 saturated heterocycles. The van der Waals surface area contributed by atoms with Gasteiger partial charge in [0.1, 0.15) is 12.7 Å². The minimum atomic E-state index is 0.416. The normalized spacial score (nSPS) is 11.1. The standard InChI is InChI=1S/C23H21N3O/c1-17-5-3-4-6-22(17)18(2)7-8-20-13-23(26-15-21(20)14-24)27-16-19-9-11-25-12-10-19/h3-7,9-13,15H,8,16H2,1-2H3/b18-7-. The van der Waals surface area contributed by atoms with Gasteiger partial charge in [-0.05, 0) is 60.2 Å². The Kier molecular flexibility index (Phi) is 5.96. The number of nitriles is 1. The van der Waals surface area contributed by atoms with E-state index in [4.69, 9.17) is 4.74 Å². The molecule has 27 heavy (non-hydrogen) atoms. The third-order valence-corrected chi connectivity index (χ3v) is 4.42. The van der Waals surface area contributed by atoms with Crippen molar-refractivity contribution in [1.82, 2.24) is 9.97 Å². The highest BCUT2D eigenvalue weighted by Gasteiger charge is 2.07. The molecule has 0 spiro atoms. The van der Waals surface area contributed by atoms with Crippen LogP contribution in [0.4, 0.5) is 0 Å². The van der Waals surface area contributed by atoms with E-state index in [1.165, 1.54) is 16.7 Å². The first-order valence-corrected chi connectivity index (χ1v) is 8.81. The third-order valence-electron chi connectivity index (χ3n) is 4.42. The number of aromatic nitrogens is 2. The fraction of sp³-hybridized carbons (Fsp3) is 0.174. The van der Waals surface area contributed by atoms with Gasteiger partial charge in [0.2, 0.25) is 5.88 Å². The van der Waals surface area contributed by atoms with Crippen molar-refractivity contribution in [1.29, 1.82) is 5.26 Å². The molecule has 2 aromatic heterocycles. The summed E-state index contributed by atoms with van der Waals surface area (Å²) in [6.45, 7) is 4.61. The second-order valence-electron chi connectivity index (χ2n) is 6.34. The monoisotopic (exact) mass is 355 g/mol. The summed E-state index contributed by atoms with van der Waals surface area (Å²) in [5.74, 6) is 0.516. The summed E-state index contributed by atoms with van der Waals surface area (Å²) in [6, 6.07) is 16.2. The molecule has 0 N–H and O–H groups in total. The van der Waals surface area contributed by atoms with E-state index in [1.54, 1.807) is 18.6 Å². The molecule has 0 fully saturated rings. The first kappa shape index (κ1) is 18.3. The Morgan fingerprint density at radius 1 is 1.19 bits per heavy atom. The highest BCUT2D eigenvalue weighted by atomic mass is 16.5. The molecule has 2 heterocycles. The fourth-order valence-corrected chi connectivity index (χ4v) is 2.85. The van der Waals surface area contributed by atoms with Crippen LogP contribution in [0.25, 0.3) is 5.57 Å². The van der Waals surface area contributed by atoms with Gasteiger partial charge in [-0.15, -0.1) is 0 Å². The van der Waals surface area contributed by atoms with Gasteiger partial charge in [0.05, 0.1) is 5.56 Å². The van der Waals surface area contributed by atoms with E-state index in [2.05, 4.69) is 48.1 Å². The van der Waals surface area contributed by atoms with Crippen LogP contribution < -0.4 is 4.74 Å².